The molecule has 0 aliphatic carbocycles. The molecule has 0 aliphatic rings. The van der Waals surface area contributed by atoms with Gasteiger partial charge in [-0.05, 0) is 37.6 Å². The van der Waals surface area contributed by atoms with Crippen molar-refractivity contribution in [1.29, 1.82) is 0 Å². The molecule has 104 valence electrons. The van der Waals surface area contributed by atoms with E-state index in [0.717, 1.165) is 18.9 Å². The number of nitrogens with two attached hydrogens (primary N) is 1. The molecule has 0 bridgehead atoms. The van der Waals surface area contributed by atoms with E-state index in [-0.39, 0.29) is 22.9 Å². The number of hydrogen-bond acceptors (Lipinski definition) is 4. The Morgan fingerprint density at radius 2 is 1.95 bits per heavy atom. The van der Waals surface area contributed by atoms with Crippen LogP contribution in [-0.4, -0.2) is 28.6 Å². The number of aromatic hydroxyl groups is 1. The van der Waals surface area contributed by atoms with Crippen molar-refractivity contribution in [2.75, 3.05) is 11.9 Å². The average molecular weight is 266 g/mol. The van der Waals surface area contributed by atoms with Crippen LogP contribution in [0.1, 0.15) is 36.0 Å². The topological polar surface area (TPSA) is 113 Å². The summed E-state index contributed by atoms with van der Waals surface area (Å²) in [5, 5.41) is 20.7. The Kier molecular flexibility index (Phi) is 5.81. The van der Waals surface area contributed by atoms with Crippen molar-refractivity contribution < 1.29 is 19.8 Å². The molecule has 0 saturated heterocycles. The standard InChI is InChI=1S/C13H18N2O4/c14-7-3-1-2-4-12(17)15-11-6-5-9(16)8-10(11)13(18)19/h5-6,8,16H,1-4,7,14H2,(H,15,17)(H,18,19). The van der Waals surface area contributed by atoms with Gasteiger partial charge < -0.3 is 21.3 Å². The van der Waals surface area contributed by atoms with Crippen LogP contribution in [0.15, 0.2) is 18.2 Å². The van der Waals surface area contributed by atoms with Gasteiger partial charge in [0.2, 0.25) is 5.91 Å². The summed E-state index contributed by atoms with van der Waals surface area (Å²) in [6.07, 6.45) is 2.77. The normalized spacial score (nSPS) is 10.2. The van der Waals surface area contributed by atoms with Gasteiger partial charge >= 0.3 is 5.97 Å². The molecule has 19 heavy (non-hydrogen) atoms. The molecule has 0 aromatic heterocycles. The van der Waals surface area contributed by atoms with Crippen molar-refractivity contribution in [3.8, 4) is 5.75 Å². The van der Waals surface area contributed by atoms with E-state index in [2.05, 4.69) is 5.32 Å². The fraction of sp³-hybridized carbons (Fsp3) is 0.385. The Morgan fingerprint density at radius 1 is 1.21 bits per heavy atom. The summed E-state index contributed by atoms with van der Waals surface area (Å²) in [6.45, 7) is 0.600. The maximum Gasteiger partial charge on any atom is 0.337 e. The molecule has 6 heteroatoms. The third-order valence-corrected chi connectivity index (χ3v) is 2.62. The Balaban J connectivity index is 2.61. The molecule has 1 aromatic carbocycles. The lowest BCUT2D eigenvalue weighted by Gasteiger charge is -2.08. The van der Waals surface area contributed by atoms with Crippen LogP contribution >= 0.6 is 0 Å². The van der Waals surface area contributed by atoms with Crippen LogP contribution in [0, 0.1) is 0 Å². The SMILES string of the molecule is NCCCCCC(=O)Nc1ccc(O)cc1C(=O)O. The summed E-state index contributed by atoms with van der Waals surface area (Å²) in [5.74, 6) is -1.60. The number of phenols is 1. The van der Waals surface area contributed by atoms with Gasteiger partial charge in [-0.2, -0.15) is 0 Å². The van der Waals surface area contributed by atoms with Crippen LogP contribution in [0.3, 0.4) is 0 Å². The first-order valence-electron chi connectivity index (χ1n) is 6.11. The number of carboxylic acids is 1. The number of nitrogens with one attached hydrogen (secondary N) is 1. The highest BCUT2D eigenvalue weighted by molar-refractivity contribution is 6.00. The summed E-state index contributed by atoms with van der Waals surface area (Å²) in [4.78, 5) is 22.6. The number of carbonyl (C=O) groups excluding carboxylic acids is 1. The zero-order valence-electron chi connectivity index (χ0n) is 10.6. The molecule has 0 heterocycles. The molecule has 0 aliphatic heterocycles. The lowest BCUT2D eigenvalue weighted by molar-refractivity contribution is -0.116. The van der Waals surface area contributed by atoms with Crippen molar-refractivity contribution in [3.63, 3.8) is 0 Å². The molecule has 0 unspecified atom stereocenters. The number of unbranched alkanes of at least 4 members (excludes halogenated alkanes) is 2. The van der Waals surface area contributed by atoms with E-state index in [9.17, 15) is 14.7 Å². The number of rotatable bonds is 7. The largest absolute Gasteiger partial charge is 0.508 e. The molecule has 0 fully saturated rings. The van der Waals surface area contributed by atoms with E-state index >= 15 is 0 Å². The van der Waals surface area contributed by atoms with Crippen LogP contribution < -0.4 is 11.1 Å². The minimum atomic E-state index is -1.20. The predicted molar refractivity (Wildman–Crippen MR) is 71.2 cm³/mol. The van der Waals surface area contributed by atoms with Gasteiger partial charge in [0.05, 0.1) is 11.3 Å². The van der Waals surface area contributed by atoms with E-state index in [1.54, 1.807) is 0 Å². The van der Waals surface area contributed by atoms with Gasteiger partial charge in [0.1, 0.15) is 5.75 Å². The quantitative estimate of drug-likeness (QED) is 0.442. The Bertz CT molecular complexity index is 460. The van der Waals surface area contributed by atoms with E-state index in [1.165, 1.54) is 12.1 Å². The highest BCUT2D eigenvalue weighted by atomic mass is 16.4. The zero-order chi connectivity index (χ0) is 14.3. The van der Waals surface area contributed by atoms with Gasteiger partial charge in [-0.25, -0.2) is 4.79 Å². The van der Waals surface area contributed by atoms with Crippen LogP contribution in [0.4, 0.5) is 5.69 Å². The Labute approximate surface area is 111 Å². The maximum absolute atomic E-state index is 11.6. The molecule has 0 saturated carbocycles. The summed E-state index contributed by atoms with van der Waals surface area (Å²) >= 11 is 0. The number of carboxylic acid groups (broad SMARTS) is 1. The molecule has 1 amide bonds. The van der Waals surface area contributed by atoms with Crippen molar-refractivity contribution in [2.45, 2.75) is 25.7 Å². The molecule has 5 N–H and O–H groups in total. The number of aromatic carboxylic acids is 1. The minimum Gasteiger partial charge on any atom is -0.508 e. The Hall–Kier alpha value is -2.08. The summed E-state index contributed by atoms with van der Waals surface area (Å²) in [5.41, 5.74) is 5.41. The highest BCUT2D eigenvalue weighted by Gasteiger charge is 2.13. The number of carbonyl (C=O) groups is 2. The second kappa shape index (κ2) is 7.38. The van der Waals surface area contributed by atoms with Crippen molar-refractivity contribution in [2.24, 2.45) is 5.73 Å². The minimum absolute atomic E-state index is 0.129. The van der Waals surface area contributed by atoms with Crippen LogP contribution in [0.25, 0.3) is 0 Å². The lowest BCUT2D eigenvalue weighted by atomic mass is 10.1. The summed E-state index contributed by atoms with van der Waals surface area (Å²) in [7, 11) is 0. The van der Waals surface area contributed by atoms with Gasteiger partial charge in [0, 0.05) is 6.42 Å². The second-order valence-corrected chi connectivity index (χ2v) is 4.18. The van der Waals surface area contributed by atoms with E-state index in [0.29, 0.717) is 19.4 Å². The van der Waals surface area contributed by atoms with Crippen molar-refractivity contribution in [3.05, 3.63) is 23.8 Å². The fourth-order valence-electron chi connectivity index (χ4n) is 1.64. The summed E-state index contributed by atoms with van der Waals surface area (Å²) < 4.78 is 0. The highest BCUT2D eigenvalue weighted by Crippen LogP contribution is 2.21. The van der Waals surface area contributed by atoms with Gasteiger partial charge in [-0.1, -0.05) is 6.42 Å². The van der Waals surface area contributed by atoms with Crippen LogP contribution in [0.5, 0.6) is 5.75 Å². The number of anilines is 1. The smallest absolute Gasteiger partial charge is 0.337 e. The average Bonchev–Trinajstić information content (AvgIpc) is 2.36. The maximum atomic E-state index is 11.6. The monoisotopic (exact) mass is 266 g/mol. The van der Waals surface area contributed by atoms with Crippen LogP contribution in [-0.2, 0) is 4.79 Å². The number of amides is 1. The Morgan fingerprint density at radius 3 is 2.58 bits per heavy atom. The first-order valence-corrected chi connectivity index (χ1v) is 6.11. The van der Waals surface area contributed by atoms with E-state index in [4.69, 9.17) is 10.8 Å². The third kappa shape index (κ3) is 4.97. The van der Waals surface area contributed by atoms with Gasteiger partial charge in [-0.15, -0.1) is 0 Å². The fourth-order valence-corrected chi connectivity index (χ4v) is 1.64. The van der Waals surface area contributed by atoms with Crippen molar-refractivity contribution in [1.82, 2.24) is 0 Å². The number of phenolic OH excluding ortho intramolecular Hbond substituents is 1. The van der Waals surface area contributed by atoms with Gasteiger partial charge in [-0.3, -0.25) is 4.79 Å². The zero-order valence-corrected chi connectivity index (χ0v) is 10.6. The molecule has 6 nitrogen and oxygen atoms in total. The van der Waals surface area contributed by atoms with Crippen molar-refractivity contribution >= 4 is 17.6 Å². The van der Waals surface area contributed by atoms with Crippen LogP contribution in [0.2, 0.25) is 0 Å². The van der Waals surface area contributed by atoms with E-state index < -0.39 is 5.97 Å². The molecular weight excluding hydrogens is 248 g/mol. The molecule has 1 rings (SSSR count). The second-order valence-electron chi connectivity index (χ2n) is 4.18. The van der Waals surface area contributed by atoms with Gasteiger partial charge in [0.25, 0.3) is 0 Å². The van der Waals surface area contributed by atoms with Gasteiger partial charge in [0.15, 0.2) is 0 Å². The molecule has 0 spiro atoms. The molecule has 0 atom stereocenters. The number of hydrogen-bond donors (Lipinski definition) is 4. The predicted octanol–water partition coefficient (Wildman–Crippen LogP) is 1.55. The first-order chi connectivity index (χ1) is 9.04. The third-order valence-electron chi connectivity index (χ3n) is 2.62. The molecule has 0 radical (unpaired) electrons. The molecular formula is C13H18N2O4. The van der Waals surface area contributed by atoms with E-state index in [1.807, 2.05) is 0 Å². The summed E-state index contributed by atoms with van der Waals surface area (Å²) in [6, 6.07) is 3.80. The number of benzene rings is 1. The molecule has 1 aromatic rings. The first kappa shape index (κ1) is 15.0. The lowest BCUT2D eigenvalue weighted by Crippen LogP contribution is -2.14.